The zero-order chi connectivity index (χ0) is 12.4. The third kappa shape index (κ3) is 2.10. The van der Waals surface area contributed by atoms with E-state index < -0.39 is 5.97 Å². The van der Waals surface area contributed by atoms with Crippen molar-refractivity contribution in [1.29, 1.82) is 0 Å². The third-order valence-corrected chi connectivity index (χ3v) is 2.56. The zero-order valence-corrected chi connectivity index (χ0v) is 9.34. The van der Waals surface area contributed by atoms with Crippen LogP contribution in [0.3, 0.4) is 0 Å². The Hall–Kier alpha value is -2.36. The maximum absolute atomic E-state index is 11.2. The van der Waals surface area contributed by atoms with Gasteiger partial charge in [-0.15, -0.1) is 0 Å². The first kappa shape index (κ1) is 11.1. The fourth-order valence-electron chi connectivity index (χ4n) is 1.68. The molecule has 1 aromatic carbocycles. The van der Waals surface area contributed by atoms with Gasteiger partial charge in [0.25, 0.3) is 0 Å². The number of nitrogens with two attached hydrogens (primary N) is 1. The second-order valence-electron chi connectivity index (χ2n) is 3.79. The predicted octanol–water partition coefficient (Wildman–Crippen LogP) is 2.34. The molecule has 0 radical (unpaired) electrons. The van der Waals surface area contributed by atoms with Crippen LogP contribution in [0.15, 0.2) is 36.5 Å². The summed E-state index contributed by atoms with van der Waals surface area (Å²) in [6.07, 6.45) is 1.51. The van der Waals surface area contributed by atoms with Gasteiger partial charge in [0.1, 0.15) is 11.4 Å². The molecule has 1 aromatic heterocycles. The molecule has 0 atom stereocenters. The van der Waals surface area contributed by atoms with Crippen LogP contribution in [0.2, 0.25) is 0 Å². The van der Waals surface area contributed by atoms with Gasteiger partial charge in [0.2, 0.25) is 0 Å². The Morgan fingerprint density at radius 1 is 1.24 bits per heavy atom. The van der Waals surface area contributed by atoms with Crippen molar-refractivity contribution in [3.05, 3.63) is 47.7 Å². The number of anilines is 1. The van der Waals surface area contributed by atoms with E-state index in [4.69, 9.17) is 10.8 Å². The summed E-state index contributed by atoms with van der Waals surface area (Å²) in [6.45, 7) is 1.97. The van der Waals surface area contributed by atoms with Gasteiger partial charge in [0, 0.05) is 11.8 Å². The van der Waals surface area contributed by atoms with Crippen LogP contribution in [-0.2, 0) is 0 Å². The number of carboxylic acid groups (broad SMARTS) is 1. The van der Waals surface area contributed by atoms with Crippen LogP contribution in [-0.4, -0.2) is 16.1 Å². The summed E-state index contributed by atoms with van der Waals surface area (Å²) in [5, 5.41) is 9.14. The molecule has 86 valence electrons. The van der Waals surface area contributed by atoms with Crippen molar-refractivity contribution in [1.82, 2.24) is 4.98 Å². The van der Waals surface area contributed by atoms with Gasteiger partial charge in [0.05, 0.1) is 0 Å². The SMILES string of the molecule is Cc1ccc(-c2ccnc(N)c2C(=O)O)cc1. The number of nitrogens with zero attached hydrogens (tertiary/aromatic N) is 1. The summed E-state index contributed by atoms with van der Waals surface area (Å²) in [6, 6.07) is 9.26. The van der Waals surface area contributed by atoms with Gasteiger partial charge in [-0.05, 0) is 18.6 Å². The van der Waals surface area contributed by atoms with Crippen LogP contribution in [0.4, 0.5) is 5.82 Å². The molecule has 4 heteroatoms. The van der Waals surface area contributed by atoms with E-state index in [0.717, 1.165) is 11.1 Å². The van der Waals surface area contributed by atoms with Crippen LogP contribution in [0.5, 0.6) is 0 Å². The largest absolute Gasteiger partial charge is 0.478 e. The van der Waals surface area contributed by atoms with Crippen LogP contribution >= 0.6 is 0 Å². The summed E-state index contributed by atoms with van der Waals surface area (Å²) >= 11 is 0. The topological polar surface area (TPSA) is 76.2 Å². The lowest BCUT2D eigenvalue weighted by Crippen LogP contribution is -2.06. The molecule has 0 bridgehead atoms. The van der Waals surface area contributed by atoms with Crippen LogP contribution in [0.1, 0.15) is 15.9 Å². The van der Waals surface area contributed by atoms with Crippen molar-refractivity contribution in [3.63, 3.8) is 0 Å². The quantitative estimate of drug-likeness (QED) is 0.827. The number of aromatic nitrogens is 1. The highest BCUT2D eigenvalue weighted by molar-refractivity contribution is 6.00. The minimum atomic E-state index is -1.06. The van der Waals surface area contributed by atoms with E-state index in [1.807, 2.05) is 31.2 Å². The van der Waals surface area contributed by atoms with E-state index in [1.54, 1.807) is 6.07 Å². The Morgan fingerprint density at radius 3 is 2.47 bits per heavy atom. The van der Waals surface area contributed by atoms with Crippen molar-refractivity contribution < 1.29 is 9.90 Å². The summed E-state index contributed by atoms with van der Waals surface area (Å²) < 4.78 is 0. The van der Waals surface area contributed by atoms with Gasteiger partial charge in [-0.3, -0.25) is 0 Å². The van der Waals surface area contributed by atoms with Crippen molar-refractivity contribution in [3.8, 4) is 11.1 Å². The number of nitrogen functional groups attached to an aromatic ring is 1. The van der Waals surface area contributed by atoms with E-state index in [0.29, 0.717) is 5.56 Å². The monoisotopic (exact) mass is 228 g/mol. The molecular weight excluding hydrogens is 216 g/mol. The molecule has 0 amide bonds. The molecule has 0 saturated heterocycles. The molecular formula is C13H12N2O2. The Bertz CT molecular complexity index is 562. The standard InChI is InChI=1S/C13H12N2O2/c1-8-2-4-9(5-3-8)10-6-7-15-12(14)11(10)13(16)17/h2-7H,1H3,(H2,14,15)(H,16,17). The average molecular weight is 228 g/mol. The molecule has 2 aromatic rings. The van der Waals surface area contributed by atoms with E-state index in [2.05, 4.69) is 4.98 Å². The Kier molecular flexibility index (Phi) is 2.78. The molecule has 4 nitrogen and oxygen atoms in total. The molecule has 0 aliphatic heterocycles. The second-order valence-corrected chi connectivity index (χ2v) is 3.79. The molecule has 17 heavy (non-hydrogen) atoms. The molecule has 0 fully saturated rings. The molecule has 2 rings (SSSR count). The Balaban J connectivity index is 2.63. The van der Waals surface area contributed by atoms with E-state index in [-0.39, 0.29) is 11.4 Å². The number of aromatic carboxylic acids is 1. The van der Waals surface area contributed by atoms with Gasteiger partial charge in [-0.25, -0.2) is 9.78 Å². The van der Waals surface area contributed by atoms with Gasteiger partial charge in [-0.1, -0.05) is 29.8 Å². The molecule has 0 aliphatic carbocycles. The maximum atomic E-state index is 11.2. The van der Waals surface area contributed by atoms with Crippen LogP contribution in [0.25, 0.3) is 11.1 Å². The summed E-state index contributed by atoms with van der Waals surface area (Å²) in [7, 11) is 0. The number of carbonyl (C=O) groups is 1. The van der Waals surface area contributed by atoms with E-state index in [1.165, 1.54) is 6.20 Å². The first-order valence-corrected chi connectivity index (χ1v) is 5.14. The molecule has 0 unspecified atom stereocenters. The van der Waals surface area contributed by atoms with Crippen molar-refractivity contribution >= 4 is 11.8 Å². The average Bonchev–Trinajstić information content (AvgIpc) is 2.29. The molecule has 0 aliphatic rings. The smallest absolute Gasteiger partial charge is 0.340 e. The molecule has 1 heterocycles. The van der Waals surface area contributed by atoms with Gasteiger partial charge >= 0.3 is 5.97 Å². The highest BCUT2D eigenvalue weighted by atomic mass is 16.4. The summed E-state index contributed by atoms with van der Waals surface area (Å²) in [5.41, 5.74) is 8.18. The zero-order valence-electron chi connectivity index (χ0n) is 9.34. The minimum absolute atomic E-state index is 0.0376. The molecule has 0 spiro atoms. The van der Waals surface area contributed by atoms with Gasteiger partial charge in [-0.2, -0.15) is 0 Å². The Labute approximate surface area is 98.7 Å². The number of rotatable bonds is 2. The van der Waals surface area contributed by atoms with Crippen molar-refractivity contribution in [2.75, 3.05) is 5.73 Å². The lowest BCUT2D eigenvalue weighted by Gasteiger charge is -2.08. The predicted molar refractivity (Wildman–Crippen MR) is 65.8 cm³/mol. The maximum Gasteiger partial charge on any atom is 0.340 e. The summed E-state index contributed by atoms with van der Waals surface area (Å²) in [5.74, 6) is -1.03. The van der Waals surface area contributed by atoms with E-state index >= 15 is 0 Å². The molecule has 3 N–H and O–H groups in total. The van der Waals surface area contributed by atoms with E-state index in [9.17, 15) is 4.79 Å². The first-order chi connectivity index (χ1) is 8.09. The van der Waals surface area contributed by atoms with Crippen molar-refractivity contribution in [2.45, 2.75) is 6.92 Å². The fourth-order valence-corrected chi connectivity index (χ4v) is 1.68. The molecule has 0 saturated carbocycles. The van der Waals surface area contributed by atoms with Crippen molar-refractivity contribution in [2.24, 2.45) is 0 Å². The number of carboxylic acids is 1. The first-order valence-electron chi connectivity index (χ1n) is 5.14. The fraction of sp³-hybridized carbons (Fsp3) is 0.0769. The Morgan fingerprint density at radius 2 is 1.88 bits per heavy atom. The normalized spacial score (nSPS) is 10.2. The number of benzene rings is 1. The lowest BCUT2D eigenvalue weighted by atomic mass is 10.00. The van der Waals surface area contributed by atoms with Gasteiger partial charge in [0.15, 0.2) is 0 Å². The third-order valence-electron chi connectivity index (χ3n) is 2.56. The second kappa shape index (κ2) is 4.25. The minimum Gasteiger partial charge on any atom is -0.478 e. The van der Waals surface area contributed by atoms with Crippen LogP contribution < -0.4 is 5.73 Å². The highest BCUT2D eigenvalue weighted by Crippen LogP contribution is 2.26. The number of hydrogen-bond donors (Lipinski definition) is 2. The van der Waals surface area contributed by atoms with Crippen LogP contribution in [0, 0.1) is 6.92 Å². The lowest BCUT2D eigenvalue weighted by molar-refractivity contribution is 0.0698. The summed E-state index contributed by atoms with van der Waals surface area (Å²) in [4.78, 5) is 15.0. The number of hydrogen-bond acceptors (Lipinski definition) is 3. The number of aryl methyl sites for hydroxylation is 1. The highest BCUT2D eigenvalue weighted by Gasteiger charge is 2.15. The van der Waals surface area contributed by atoms with Gasteiger partial charge < -0.3 is 10.8 Å². The number of pyridine rings is 1.